The van der Waals surface area contributed by atoms with E-state index in [1.54, 1.807) is 11.8 Å². The number of benzene rings is 1. The molecule has 0 aliphatic heterocycles. The summed E-state index contributed by atoms with van der Waals surface area (Å²) in [4.78, 5) is 4.04. The van der Waals surface area contributed by atoms with Crippen LogP contribution >= 0.6 is 23.1 Å². The highest BCUT2D eigenvalue weighted by Gasteiger charge is 2.03. The Kier molecular flexibility index (Phi) is 3.52. The van der Waals surface area contributed by atoms with Gasteiger partial charge in [-0.25, -0.2) is 9.67 Å². The van der Waals surface area contributed by atoms with Crippen LogP contribution in [0.5, 0.6) is 0 Å². The molecule has 0 atom stereocenters. The highest BCUT2D eigenvalue weighted by atomic mass is 32.2. The van der Waals surface area contributed by atoms with Crippen molar-refractivity contribution in [1.29, 1.82) is 0 Å². The van der Waals surface area contributed by atoms with Crippen LogP contribution in [0.2, 0.25) is 0 Å². The maximum atomic E-state index is 5.61. The zero-order valence-electron chi connectivity index (χ0n) is 10.1. The Morgan fingerprint density at radius 1 is 1.21 bits per heavy atom. The van der Waals surface area contributed by atoms with Crippen LogP contribution < -0.4 is 5.73 Å². The Hall–Kier alpha value is -1.79. The first kappa shape index (κ1) is 12.3. The van der Waals surface area contributed by atoms with Crippen molar-refractivity contribution in [3.05, 3.63) is 54.5 Å². The lowest BCUT2D eigenvalue weighted by Crippen LogP contribution is -1.92. The zero-order valence-corrected chi connectivity index (χ0v) is 11.7. The molecule has 6 heteroatoms. The van der Waals surface area contributed by atoms with Crippen LogP contribution in [0.4, 0.5) is 5.13 Å². The van der Waals surface area contributed by atoms with Crippen molar-refractivity contribution in [1.82, 2.24) is 14.8 Å². The molecule has 19 heavy (non-hydrogen) atoms. The Morgan fingerprint density at radius 3 is 2.79 bits per heavy atom. The molecule has 3 aromatic rings. The van der Waals surface area contributed by atoms with E-state index in [1.807, 2.05) is 53.6 Å². The maximum absolute atomic E-state index is 5.61. The van der Waals surface area contributed by atoms with Crippen molar-refractivity contribution in [2.75, 3.05) is 5.73 Å². The van der Waals surface area contributed by atoms with Crippen molar-refractivity contribution >= 4 is 28.2 Å². The van der Waals surface area contributed by atoms with E-state index < -0.39 is 0 Å². The Labute approximate surface area is 119 Å². The molecule has 0 fully saturated rings. The highest BCUT2D eigenvalue weighted by molar-refractivity contribution is 8.00. The lowest BCUT2D eigenvalue weighted by Gasteiger charge is -1.99. The number of anilines is 1. The largest absolute Gasteiger partial charge is 0.375 e. The van der Waals surface area contributed by atoms with Crippen molar-refractivity contribution in [3.63, 3.8) is 0 Å². The first-order valence-corrected chi connectivity index (χ1v) is 7.54. The topological polar surface area (TPSA) is 56.7 Å². The van der Waals surface area contributed by atoms with Gasteiger partial charge in [-0.15, -0.1) is 11.8 Å². The SMILES string of the molecule is Nc1ncc(SCc2cnn(-c3ccccc3)c2)s1. The lowest BCUT2D eigenvalue weighted by atomic mass is 10.3. The standard InChI is InChI=1S/C13H12N4S2/c14-13-15-7-12(19-13)18-9-10-6-16-17(8-10)11-4-2-1-3-5-11/h1-8H,9H2,(H2,14,15). The molecular weight excluding hydrogens is 276 g/mol. The van der Waals surface area contributed by atoms with Gasteiger partial charge in [-0.1, -0.05) is 29.5 Å². The summed E-state index contributed by atoms with van der Waals surface area (Å²) in [6.07, 6.45) is 5.75. The van der Waals surface area contributed by atoms with Gasteiger partial charge in [-0.05, 0) is 12.1 Å². The minimum atomic E-state index is 0.613. The van der Waals surface area contributed by atoms with Crippen molar-refractivity contribution in [3.8, 4) is 5.69 Å². The molecule has 0 spiro atoms. The zero-order chi connectivity index (χ0) is 13.1. The van der Waals surface area contributed by atoms with Crippen LogP contribution in [0.25, 0.3) is 5.69 Å². The number of nitrogens with zero attached hydrogens (tertiary/aromatic N) is 3. The van der Waals surface area contributed by atoms with Crippen molar-refractivity contribution in [2.24, 2.45) is 0 Å². The second-order valence-corrected chi connectivity index (χ2v) is 6.27. The third-order valence-electron chi connectivity index (χ3n) is 2.54. The predicted molar refractivity (Wildman–Crippen MR) is 79.7 cm³/mol. The second kappa shape index (κ2) is 5.46. The van der Waals surface area contributed by atoms with E-state index in [-0.39, 0.29) is 0 Å². The first-order valence-electron chi connectivity index (χ1n) is 5.74. The van der Waals surface area contributed by atoms with E-state index in [9.17, 15) is 0 Å². The fourth-order valence-electron chi connectivity index (χ4n) is 1.65. The van der Waals surface area contributed by atoms with E-state index >= 15 is 0 Å². The van der Waals surface area contributed by atoms with Crippen LogP contribution in [0.15, 0.2) is 53.1 Å². The summed E-state index contributed by atoms with van der Waals surface area (Å²) >= 11 is 3.24. The molecule has 2 aromatic heterocycles. The summed E-state index contributed by atoms with van der Waals surface area (Å²) in [7, 11) is 0. The summed E-state index contributed by atoms with van der Waals surface area (Å²) in [5, 5.41) is 4.98. The van der Waals surface area contributed by atoms with E-state index in [1.165, 1.54) is 16.9 Å². The van der Waals surface area contributed by atoms with Crippen LogP contribution in [0.3, 0.4) is 0 Å². The smallest absolute Gasteiger partial charge is 0.181 e. The van der Waals surface area contributed by atoms with Crippen LogP contribution in [-0.2, 0) is 5.75 Å². The first-order chi connectivity index (χ1) is 9.31. The van der Waals surface area contributed by atoms with Gasteiger partial charge in [-0.2, -0.15) is 5.10 Å². The number of rotatable bonds is 4. The number of para-hydroxylation sites is 1. The van der Waals surface area contributed by atoms with E-state index in [0.29, 0.717) is 5.13 Å². The molecule has 96 valence electrons. The van der Waals surface area contributed by atoms with Crippen molar-refractivity contribution in [2.45, 2.75) is 9.96 Å². The minimum absolute atomic E-state index is 0.613. The highest BCUT2D eigenvalue weighted by Crippen LogP contribution is 2.29. The molecule has 0 amide bonds. The molecule has 0 bridgehead atoms. The molecule has 0 saturated heterocycles. The minimum Gasteiger partial charge on any atom is -0.375 e. The van der Waals surface area contributed by atoms with Gasteiger partial charge in [-0.3, -0.25) is 0 Å². The molecule has 0 saturated carbocycles. The Morgan fingerprint density at radius 2 is 2.05 bits per heavy atom. The van der Waals surface area contributed by atoms with Crippen LogP contribution in [-0.4, -0.2) is 14.8 Å². The molecular formula is C13H12N4S2. The summed E-state index contributed by atoms with van der Waals surface area (Å²) in [6.45, 7) is 0. The molecule has 3 rings (SSSR count). The average molecular weight is 288 g/mol. The van der Waals surface area contributed by atoms with Gasteiger partial charge in [0.1, 0.15) is 0 Å². The molecule has 2 N–H and O–H groups in total. The number of aromatic nitrogens is 3. The van der Waals surface area contributed by atoms with Gasteiger partial charge >= 0.3 is 0 Å². The van der Waals surface area contributed by atoms with E-state index in [0.717, 1.165) is 15.6 Å². The van der Waals surface area contributed by atoms with Gasteiger partial charge in [0.05, 0.1) is 22.3 Å². The van der Waals surface area contributed by atoms with Gasteiger partial charge in [0, 0.05) is 17.5 Å². The number of thiazole rings is 1. The number of hydrogen-bond acceptors (Lipinski definition) is 5. The number of hydrogen-bond donors (Lipinski definition) is 1. The number of nitrogens with two attached hydrogens (primary N) is 1. The molecule has 0 radical (unpaired) electrons. The van der Waals surface area contributed by atoms with Crippen molar-refractivity contribution < 1.29 is 0 Å². The van der Waals surface area contributed by atoms with Gasteiger partial charge < -0.3 is 5.73 Å². The van der Waals surface area contributed by atoms with Gasteiger partial charge in [0.15, 0.2) is 5.13 Å². The van der Waals surface area contributed by atoms with Crippen LogP contribution in [0, 0.1) is 0 Å². The van der Waals surface area contributed by atoms with E-state index in [2.05, 4.69) is 10.1 Å². The van der Waals surface area contributed by atoms with Gasteiger partial charge in [0.2, 0.25) is 0 Å². The molecule has 0 unspecified atom stereocenters. The van der Waals surface area contributed by atoms with Gasteiger partial charge in [0.25, 0.3) is 0 Å². The summed E-state index contributed by atoms with van der Waals surface area (Å²) in [6, 6.07) is 10.1. The maximum Gasteiger partial charge on any atom is 0.181 e. The normalized spacial score (nSPS) is 10.7. The summed E-state index contributed by atoms with van der Waals surface area (Å²) in [5.74, 6) is 0.870. The molecule has 0 aliphatic rings. The monoisotopic (exact) mass is 288 g/mol. The fraction of sp³-hybridized carbons (Fsp3) is 0.0769. The summed E-state index contributed by atoms with van der Waals surface area (Å²) < 4.78 is 3.02. The molecule has 1 aromatic carbocycles. The predicted octanol–water partition coefficient (Wildman–Crippen LogP) is 3.20. The number of thioether (sulfide) groups is 1. The third-order valence-corrected chi connectivity index (χ3v) is 4.63. The third kappa shape index (κ3) is 2.97. The Bertz CT molecular complexity index is 660. The average Bonchev–Trinajstić information content (AvgIpc) is 3.06. The lowest BCUT2D eigenvalue weighted by molar-refractivity contribution is 0.880. The van der Waals surface area contributed by atoms with E-state index in [4.69, 9.17) is 5.73 Å². The quantitative estimate of drug-likeness (QED) is 0.749. The second-order valence-electron chi connectivity index (χ2n) is 3.93. The number of nitrogen functional groups attached to an aromatic ring is 1. The molecule has 2 heterocycles. The van der Waals surface area contributed by atoms with Crippen LogP contribution in [0.1, 0.15) is 5.56 Å². The summed E-state index contributed by atoms with van der Waals surface area (Å²) in [5.41, 5.74) is 7.86. The fourth-order valence-corrected chi connectivity index (χ4v) is 3.32. The molecule has 4 nitrogen and oxygen atoms in total. The molecule has 0 aliphatic carbocycles. The Balaban J connectivity index is 1.68.